The van der Waals surface area contributed by atoms with Crippen LogP contribution >= 0.6 is 11.3 Å². The molecule has 5 aromatic rings. The van der Waals surface area contributed by atoms with Gasteiger partial charge in [-0.2, -0.15) is 0 Å². The largest absolute Gasteiger partial charge is 0.497 e. The Morgan fingerprint density at radius 3 is 2.56 bits per heavy atom. The molecule has 0 saturated carbocycles. The van der Waals surface area contributed by atoms with E-state index in [-0.39, 0.29) is 12.2 Å². The second-order valence-electron chi connectivity index (χ2n) is 9.60. The maximum absolute atomic E-state index is 14.2. The number of nitrogens with zero attached hydrogens (tertiary/aromatic N) is 3. The van der Waals surface area contributed by atoms with E-state index in [0.717, 1.165) is 34.1 Å². The zero-order valence-electron chi connectivity index (χ0n) is 23.0. The van der Waals surface area contributed by atoms with E-state index < -0.39 is 12.0 Å². The number of benzene rings is 3. The number of fused-ring (bicyclic) bond motifs is 2. The van der Waals surface area contributed by atoms with Gasteiger partial charge in [-0.1, -0.05) is 72.0 Å². The lowest BCUT2D eigenvalue weighted by molar-refractivity contribution is -0.138. The van der Waals surface area contributed by atoms with Crippen molar-refractivity contribution in [3.05, 3.63) is 127 Å². The lowest BCUT2D eigenvalue weighted by atomic mass is 9.93. The summed E-state index contributed by atoms with van der Waals surface area (Å²) in [4.78, 5) is 33.3. The van der Waals surface area contributed by atoms with Crippen molar-refractivity contribution in [2.45, 2.75) is 26.4 Å². The summed E-state index contributed by atoms with van der Waals surface area (Å²) in [6.07, 6.45) is 4.00. The molecule has 0 bridgehead atoms. The molecule has 206 valence electrons. The molecule has 3 heterocycles. The molecule has 0 radical (unpaired) electrons. The summed E-state index contributed by atoms with van der Waals surface area (Å²) >= 11 is 1.32. The Labute approximate surface area is 240 Å². The molecule has 8 heteroatoms. The first kappa shape index (κ1) is 26.5. The number of aromatic nitrogens is 2. The van der Waals surface area contributed by atoms with Gasteiger partial charge < -0.3 is 14.0 Å². The first-order valence-electron chi connectivity index (χ1n) is 13.5. The van der Waals surface area contributed by atoms with E-state index in [0.29, 0.717) is 26.4 Å². The number of para-hydroxylation sites is 1. The van der Waals surface area contributed by atoms with E-state index in [1.54, 1.807) is 18.6 Å². The molecule has 2 aromatic heterocycles. The minimum Gasteiger partial charge on any atom is -0.497 e. The van der Waals surface area contributed by atoms with Gasteiger partial charge in [0.15, 0.2) is 4.80 Å². The summed E-state index contributed by atoms with van der Waals surface area (Å²) in [5, 5.41) is 1.07. The predicted molar refractivity (Wildman–Crippen MR) is 162 cm³/mol. The molecule has 0 spiro atoms. The summed E-state index contributed by atoms with van der Waals surface area (Å²) in [6.45, 7) is 4.87. The van der Waals surface area contributed by atoms with Crippen LogP contribution in [-0.4, -0.2) is 28.8 Å². The first-order valence-corrected chi connectivity index (χ1v) is 14.4. The molecule has 0 saturated heterocycles. The second-order valence-corrected chi connectivity index (χ2v) is 10.6. The maximum atomic E-state index is 14.2. The first-order chi connectivity index (χ1) is 20.0. The lowest BCUT2D eigenvalue weighted by Crippen LogP contribution is -2.40. The van der Waals surface area contributed by atoms with Gasteiger partial charge in [0.2, 0.25) is 0 Å². The molecule has 0 fully saturated rings. The van der Waals surface area contributed by atoms with Gasteiger partial charge in [0.1, 0.15) is 5.75 Å². The van der Waals surface area contributed by atoms with Crippen molar-refractivity contribution >= 4 is 40.0 Å². The smallest absolute Gasteiger partial charge is 0.338 e. The van der Waals surface area contributed by atoms with E-state index in [1.807, 2.05) is 72.8 Å². The van der Waals surface area contributed by atoms with Crippen LogP contribution in [-0.2, 0) is 16.1 Å². The third-order valence-electron chi connectivity index (χ3n) is 7.23. The molecule has 0 aliphatic carbocycles. The van der Waals surface area contributed by atoms with Crippen molar-refractivity contribution in [2.24, 2.45) is 4.99 Å². The number of carbonyl (C=O) groups is 1. The standard InChI is InChI=1S/C33H29N3O4S/c1-4-35-20-23(25-16-9-10-17-26(25)35)19-27-31(37)36-30(22-14-11-15-24(18-22)39-3)28(32(38)40-5-2)29(34-33(36)41-27)21-12-7-6-8-13-21/h6-20,30H,4-5H2,1-3H3/b27-19-/t30-/m0/s1. The number of methoxy groups -OCH3 is 1. The number of hydrogen-bond donors (Lipinski definition) is 0. The molecule has 0 N–H and O–H groups in total. The minimum atomic E-state index is -0.755. The molecule has 6 rings (SSSR count). The van der Waals surface area contributed by atoms with Gasteiger partial charge in [-0.3, -0.25) is 9.36 Å². The number of aryl methyl sites for hydroxylation is 1. The van der Waals surface area contributed by atoms with Crippen LogP contribution in [0.5, 0.6) is 5.75 Å². The Morgan fingerprint density at radius 2 is 1.80 bits per heavy atom. The second kappa shape index (κ2) is 11.1. The van der Waals surface area contributed by atoms with Crippen LogP contribution in [0, 0.1) is 0 Å². The summed E-state index contributed by atoms with van der Waals surface area (Å²) < 4.78 is 15.4. The van der Waals surface area contributed by atoms with E-state index >= 15 is 0 Å². The molecule has 1 atom stereocenters. The number of esters is 1. The van der Waals surface area contributed by atoms with Crippen molar-refractivity contribution in [1.29, 1.82) is 0 Å². The fourth-order valence-electron chi connectivity index (χ4n) is 5.36. The molecule has 41 heavy (non-hydrogen) atoms. The van der Waals surface area contributed by atoms with Crippen LogP contribution in [0.25, 0.3) is 22.7 Å². The highest BCUT2D eigenvalue weighted by Crippen LogP contribution is 2.36. The van der Waals surface area contributed by atoms with Crippen molar-refractivity contribution in [3.63, 3.8) is 0 Å². The summed E-state index contributed by atoms with van der Waals surface area (Å²) in [7, 11) is 1.59. The van der Waals surface area contributed by atoms with Gasteiger partial charge in [-0.15, -0.1) is 0 Å². The third kappa shape index (κ3) is 4.70. The van der Waals surface area contributed by atoms with E-state index in [9.17, 15) is 9.59 Å². The zero-order valence-corrected chi connectivity index (χ0v) is 23.9. The van der Waals surface area contributed by atoms with E-state index in [1.165, 1.54) is 11.3 Å². The number of carbonyl (C=O) groups excluding carboxylic acids is 1. The molecule has 0 unspecified atom stereocenters. The van der Waals surface area contributed by atoms with Crippen LogP contribution in [0.15, 0.2) is 100 Å². The van der Waals surface area contributed by atoms with Crippen molar-refractivity contribution in [1.82, 2.24) is 9.13 Å². The highest BCUT2D eigenvalue weighted by Gasteiger charge is 2.35. The zero-order chi connectivity index (χ0) is 28.5. The van der Waals surface area contributed by atoms with Gasteiger partial charge in [0, 0.05) is 34.8 Å². The van der Waals surface area contributed by atoms with Gasteiger partial charge in [-0.05, 0) is 43.7 Å². The Kier molecular flexibility index (Phi) is 7.15. The molecule has 3 aromatic carbocycles. The molecule has 7 nitrogen and oxygen atoms in total. The van der Waals surface area contributed by atoms with Crippen LogP contribution in [0.4, 0.5) is 0 Å². The third-order valence-corrected chi connectivity index (χ3v) is 8.21. The molecular weight excluding hydrogens is 534 g/mol. The molecule has 1 aliphatic heterocycles. The predicted octanol–water partition coefficient (Wildman–Crippen LogP) is 4.92. The minimum absolute atomic E-state index is 0.196. The summed E-state index contributed by atoms with van der Waals surface area (Å²) in [6, 6.07) is 24.4. The van der Waals surface area contributed by atoms with Crippen molar-refractivity contribution in [3.8, 4) is 5.75 Å². The number of hydrogen-bond acceptors (Lipinski definition) is 6. The topological polar surface area (TPSA) is 74.8 Å². The van der Waals surface area contributed by atoms with E-state index in [2.05, 4.69) is 29.8 Å². The summed E-state index contributed by atoms with van der Waals surface area (Å²) in [5.41, 5.74) is 4.15. The number of ether oxygens (including phenoxy) is 2. The van der Waals surface area contributed by atoms with Crippen LogP contribution in [0.3, 0.4) is 0 Å². The van der Waals surface area contributed by atoms with Crippen molar-refractivity contribution < 1.29 is 14.3 Å². The number of thiazole rings is 1. The fourth-order valence-corrected chi connectivity index (χ4v) is 6.35. The average molecular weight is 564 g/mol. The van der Waals surface area contributed by atoms with Gasteiger partial charge in [0.05, 0.1) is 35.6 Å². The molecular formula is C33H29N3O4S. The fraction of sp³-hybridized carbons (Fsp3) is 0.182. The SMILES string of the molecule is CCOC(=O)C1=C(c2ccccc2)N=c2s/c(=C\c3cn(CC)c4ccccc34)c(=O)n2[C@H]1c1cccc(OC)c1. The molecule has 0 amide bonds. The maximum Gasteiger partial charge on any atom is 0.338 e. The van der Waals surface area contributed by atoms with Crippen LogP contribution < -0.4 is 19.6 Å². The highest BCUT2D eigenvalue weighted by molar-refractivity contribution is 7.07. The average Bonchev–Trinajstić information content (AvgIpc) is 3.53. The lowest BCUT2D eigenvalue weighted by Gasteiger charge is -2.26. The van der Waals surface area contributed by atoms with Crippen LogP contribution in [0.1, 0.15) is 36.6 Å². The highest BCUT2D eigenvalue weighted by atomic mass is 32.1. The molecule has 1 aliphatic rings. The normalized spacial score (nSPS) is 15.1. The van der Waals surface area contributed by atoms with Gasteiger partial charge >= 0.3 is 5.97 Å². The van der Waals surface area contributed by atoms with Crippen LogP contribution in [0.2, 0.25) is 0 Å². The number of rotatable bonds is 7. The van der Waals surface area contributed by atoms with E-state index in [4.69, 9.17) is 14.5 Å². The summed E-state index contributed by atoms with van der Waals surface area (Å²) in [5.74, 6) is 0.113. The Morgan fingerprint density at radius 1 is 1.02 bits per heavy atom. The van der Waals surface area contributed by atoms with Gasteiger partial charge in [-0.25, -0.2) is 9.79 Å². The van der Waals surface area contributed by atoms with Crippen molar-refractivity contribution in [2.75, 3.05) is 13.7 Å². The quantitative estimate of drug-likeness (QED) is 0.264. The van der Waals surface area contributed by atoms with Gasteiger partial charge in [0.25, 0.3) is 5.56 Å². The monoisotopic (exact) mass is 563 g/mol. The Bertz CT molecular complexity index is 1980. The Hall–Kier alpha value is -4.69. The Balaban J connectivity index is 1.66.